The molecular formula is C34H43NO7. The van der Waals surface area contributed by atoms with E-state index in [4.69, 9.17) is 14.2 Å². The minimum atomic E-state index is -1.35. The van der Waals surface area contributed by atoms with Gasteiger partial charge >= 0.3 is 12.1 Å². The molecule has 42 heavy (non-hydrogen) atoms. The van der Waals surface area contributed by atoms with Gasteiger partial charge in [0.15, 0.2) is 0 Å². The third kappa shape index (κ3) is 4.09. The normalized spacial score (nSPS) is 30.8. The number of benzene rings is 2. The van der Waals surface area contributed by atoms with Crippen molar-refractivity contribution in [3.63, 3.8) is 0 Å². The molecule has 0 aromatic heterocycles. The topological polar surface area (TPSA) is 114 Å². The van der Waals surface area contributed by atoms with Gasteiger partial charge in [0.2, 0.25) is 0 Å². The van der Waals surface area contributed by atoms with Crippen LogP contribution < -0.4 is 5.32 Å². The SMILES string of the molecule is C=C1CC2(O)C(OC)(c3ccccc31)C1CC(OC(=O)CCc3cccc(NC(=O)OC(C)(C)C)c3O)C2(C)C1(C)C. The molecule has 1 amide bonds. The average molecular weight is 578 g/mol. The van der Waals surface area contributed by atoms with Gasteiger partial charge in [0.25, 0.3) is 0 Å². The Bertz CT molecular complexity index is 1440. The van der Waals surface area contributed by atoms with Crippen LogP contribution in [0.5, 0.6) is 5.75 Å². The van der Waals surface area contributed by atoms with E-state index in [-0.39, 0.29) is 30.2 Å². The summed E-state index contributed by atoms with van der Waals surface area (Å²) < 4.78 is 17.8. The van der Waals surface area contributed by atoms with Gasteiger partial charge in [0.05, 0.1) is 5.69 Å². The molecule has 0 aliphatic heterocycles. The summed E-state index contributed by atoms with van der Waals surface area (Å²) >= 11 is 0. The zero-order chi connectivity index (χ0) is 30.9. The van der Waals surface area contributed by atoms with Crippen molar-refractivity contribution in [1.29, 1.82) is 0 Å². The number of nitrogens with one attached hydrogen (secondary N) is 1. The maximum Gasteiger partial charge on any atom is 0.412 e. The molecule has 3 aliphatic carbocycles. The van der Waals surface area contributed by atoms with Crippen LogP contribution in [-0.4, -0.2) is 46.7 Å². The van der Waals surface area contributed by atoms with Crippen molar-refractivity contribution in [2.75, 3.05) is 12.4 Å². The number of rotatable bonds is 6. The number of esters is 1. The molecule has 5 unspecified atom stereocenters. The van der Waals surface area contributed by atoms with Crippen molar-refractivity contribution in [2.24, 2.45) is 16.7 Å². The predicted octanol–water partition coefficient (Wildman–Crippen LogP) is 6.34. The third-order valence-corrected chi connectivity index (χ3v) is 10.4. The number of hydrogen-bond acceptors (Lipinski definition) is 7. The van der Waals surface area contributed by atoms with Crippen LogP contribution in [-0.2, 0) is 31.0 Å². The number of methoxy groups -OCH3 is 1. The monoisotopic (exact) mass is 577 g/mol. The van der Waals surface area contributed by atoms with E-state index in [0.717, 1.165) is 16.7 Å². The molecule has 0 heterocycles. The number of anilines is 1. The number of amides is 1. The van der Waals surface area contributed by atoms with Gasteiger partial charge in [0, 0.05) is 31.3 Å². The van der Waals surface area contributed by atoms with Crippen LogP contribution in [0.3, 0.4) is 0 Å². The molecule has 3 aliphatic rings. The number of aryl methyl sites for hydroxylation is 1. The van der Waals surface area contributed by atoms with Crippen LogP contribution >= 0.6 is 0 Å². The quantitative estimate of drug-likeness (QED) is 0.271. The average Bonchev–Trinajstić information content (AvgIpc) is 3.16. The Hall–Kier alpha value is -3.36. The zero-order valence-corrected chi connectivity index (χ0v) is 25.7. The maximum atomic E-state index is 13.3. The summed E-state index contributed by atoms with van der Waals surface area (Å²) in [5.74, 6) is -0.657. The molecule has 2 aromatic rings. The van der Waals surface area contributed by atoms with Crippen molar-refractivity contribution in [3.8, 4) is 5.75 Å². The van der Waals surface area contributed by atoms with E-state index < -0.39 is 45.8 Å². The lowest BCUT2D eigenvalue weighted by molar-refractivity contribution is -0.254. The van der Waals surface area contributed by atoms with E-state index in [2.05, 4.69) is 25.7 Å². The van der Waals surface area contributed by atoms with Crippen molar-refractivity contribution in [2.45, 2.75) is 90.1 Å². The number of ether oxygens (including phenoxy) is 3. The zero-order valence-electron chi connectivity index (χ0n) is 25.7. The predicted molar refractivity (Wildman–Crippen MR) is 160 cm³/mol. The number of carbonyl (C=O) groups is 2. The molecule has 2 fully saturated rings. The number of hydrogen-bond donors (Lipinski definition) is 3. The van der Waals surface area contributed by atoms with E-state index in [1.165, 1.54) is 0 Å². The largest absolute Gasteiger partial charge is 0.505 e. The van der Waals surface area contributed by atoms with E-state index in [1.807, 2.05) is 31.2 Å². The number of aromatic hydroxyl groups is 1. The summed E-state index contributed by atoms with van der Waals surface area (Å²) in [7, 11) is 1.66. The van der Waals surface area contributed by atoms with Gasteiger partial charge in [-0.25, -0.2) is 4.79 Å². The summed E-state index contributed by atoms with van der Waals surface area (Å²) in [6.45, 7) is 15.9. The van der Waals surface area contributed by atoms with Gasteiger partial charge in [0.1, 0.15) is 28.7 Å². The number of phenolic OH excluding ortho intramolecular Hbond substituents is 1. The molecule has 5 rings (SSSR count). The highest BCUT2D eigenvalue weighted by molar-refractivity contribution is 5.87. The number of aliphatic hydroxyl groups is 1. The van der Waals surface area contributed by atoms with Crippen molar-refractivity contribution in [3.05, 3.63) is 65.7 Å². The minimum absolute atomic E-state index is 0.0184. The summed E-state index contributed by atoms with van der Waals surface area (Å²) in [4.78, 5) is 25.5. The van der Waals surface area contributed by atoms with Crippen LogP contribution in [0.15, 0.2) is 49.0 Å². The first kappa shape index (κ1) is 30.1. The van der Waals surface area contributed by atoms with Gasteiger partial charge in [-0.2, -0.15) is 0 Å². The molecule has 226 valence electrons. The molecule has 2 aromatic carbocycles. The number of carbonyl (C=O) groups excluding carboxylic acids is 2. The lowest BCUT2D eigenvalue weighted by Crippen LogP contribution is -2.66. The Morgan fingerprint density at radius 2 is 1.79 bits per heavy atom. The van der Waals surface area contributed by atoms with Crippen LogP contribution in [0.1, 0.15) is 77.5 Å². The summed E-state index contributed by atoms with van der Waals surface area (Å²) in [6.07, 6.45) is -0.128. The fourth-order valence-electron chi connectivity index (χ4n) is 8.26. The van der Waals surface area contributed by atoms with E-state index in [0.29, 0.717) is 18.4 Å². The number of phenols is 1. The maximum absolute atomic E-state index is 13.3. The first-order valence-electron chi connectivity index (χ1n) is 14.6. The second-order valence-electron chi connectivity index (χ2n) is 13.8. The molecule has 2 saturated carbocycles. The summed E-state index contributed by atoms with van der Waals surface area (Å²) in [5, 5.41) is 26.0. The van der Waals surface area contributed by atoms with Crippen molar-refractivity contribution >= 4 is 23.3 Å². The Balaban J connectivity index is 1.35. The van der Waals surface area contributed by atoms with Crippen molar-refractivity contribution < 1.29 is 34.0 Å². The standard InChI is InChI=1S/C34H43NO7/c1-20-19-33(39)32(7)26(18-25(31(32,5)6)34(33,40-8)23-14-10-9-13-22(20)23)41-27(36)17-16-21-12-11-15-24(28(21)37)35-29(38)42-30(2,3)4/h9-15,25-26,37,39H,1,16-19H2,2-8H3,(H,35,38). The Morgan fingerprint density at radius 3 is 2.45 bits per heavy atom. The molecule has 0 spiro atoms. The fourth-order valence-corrected chi connectivity index (χ4v) is 8.26. The van der Waals surface area contributed by atoms with Crippen LogP contribution in [0.2, 0.25) is 0 Å². The Morgan fingerprint density at radius 1 is 1.10 bits per heavy atom. The molecule has 3 N–H and O–H groups in total. The van der Waals surface area contributed by atoms with Gasteiger partial charge in [-0.15, -0.1) is 0 Å². The van der Waals surface area contributed by atoms with Gasteiger partial charge in [-0.3, -0.25) is 10.1 Å². The van der Waals surface area contributed by atoms with Gasteiger partial charge in [-0.1, -0.05) is 63.7 Å². The van der Waals surface area contributed by atoms with E-state index in [1.54, 1.807) is 46.1 Å². The molecule has 8 heteroatoms. The highest BCUT2D eigenvalue weighted by atomic mass is 16.6. The van der Waals surface area contributed by atoms with Crippen LogP contribution in [0.4, 0.5) is 10.5 Å². The molecule has 2 bridgehead atoms. The van der Waals surface area contributed by atoms with Gasteiger partial charge in [-0.05, 0) is 67.4 Å². The second kappa shape index (κ2) is 9.85. The molecule has 5 atom stereocenters. The lowest BCUT2D eigenvalue weighted by Gasteiger charge is -2.58. The van der Waals surface area contributed by atoms with Crippen molar-refractivity contribution in [1.82, 2.24) is 0 Å². The second-order valence-corrected chi connectivity index (χ2v) is 13.8. The lowest BCUT2D eigenvalue weighted by atomic mass is 9.54. The number of fused-ring (bicyclic) bond motifs is 7. The molecular weight excluding hydrogens is 534 g/mol. The van der Waals surface area contributed by atoms with Gasteiger partial charge < -0.3 is 24.4 Å². The Kier molecular flexibility index (Phi) is 7.06. The first-order chi connectivity index (χ1) is 19.5. The molecule has 0 saturated heterocycles. The highest BCUT2D eigenvalue weighted by Gasteiger charge is 2.85. The number of para-hydroxylation sites is 1. The first-order valence-corrected chi connectivity index (χ1v) is 14.6. The smallest absolute Gasteiger partial charge is 0.412 e. The molecule has 8 nitrogen and oxygen atoms in total. The minimum Gasteiger partial charge on any atom is -0.505 e. The van der Waals surface area contributed by atoms with Crippen LogP contribution in [0, 0.1) is 16.7 Å². The summed E-state index contributed by atoms with van der Waals surface area (Å²) in [5.41, 5.74) is -0.767. The third-order valence-electron chi connectivity index (χ3n) is 10.4. The highest BCUT2D eigenvalue weighted by Crippen LogP contribution is 2.79. The van der Waals surface area contributed by atoms with E-state index >= 15 is 0 Å². The van der Waals surface area contributed by atoms with E-state index in [9.17, 15) is 19.8 Å². The Labute approximate surface area is 248 Å². The fraction of sp³-hybridized carbons (Fsp3) is 0.529. The van der Waals surface area contributed by atoms with Crippen LogP contribution in [0.25, 0.3) is 5.57 Å². The molecule has 0 radical (unpaired) electrons. The summed E-state index contributed by atoms with van der Waals surface area (Å²) in [6, 6.07) is 13.0.